The van der Waals surface area contributed by atoms with Gasteiger partial charge in [-0.3, -0.25) is 4.79 Å². The molecule has 1 N–H and O–H groups in total. The van der Waals surface area contributed by atoms with Crippen LogP contribution in [0.15, 0.2) is 0 Å². The lowest BCUT2D eigenvalue weighted by Gasteiger charge is -2.15. The van der Waals surface area contributed by atoms with E-state index in [2.05, 4.69) is 17.0 Å². The Bertz CT molecular complexity index is 162. The van der Waals surface area contributed by atoms with Crippen molar-refractivity contribution in [3.63, 3.8) is 0 Å². The first-order valence-electron chi connectivity index (χ1n) is 5.65. The third-order valence-corrected chi connectivity index (χ3v) is 2.11. The van der Waals surface area contributed by atoms with Gasteiger partial charge in [-0.25, -0.2) is 0 Å². The Morgan fingerprint density at radius 2 is 2.07 bits per heavy atom. The summed E-state index contributed by atoms with van der Waals surface area (Å²) in [6, 6.07) is -0.332. The smallest absolute Gasteiger partial charge is 0.325 e. The molecular weight excluding hydrogens is 194 g/mol. The van der Waals surface area contributed by atoms with Gasteiger partial charge in [0, 0.05) is 6.61 Å². The average molecular weight is 217 g/mol. The van der Waals surface area contributed by atoms with Gasteiger partial charge in [0.25, 0.3) is 0 Å². The van der Waals surface area contributed by atoms with Crippen molar-refractivity contribution in [3.05, 3.63) is 0 Å². The summed E-state index contributed by atoms with van der Waals surface area (Å²) in [5, 5.41) is 3.02. The molecule has 1 unspecified atom stereocenters. The molecule has 0 saturated heterocycles. The lowest BCUT2D eigenvalue weighted by molar-refractivity contribution is -0.144. The molecule has 0 amide bonds. The van der Waals surface area contributed by atoms with Crippen LogP contribution in [0.2, 0.25) is 0 Å². The monoisotopic (exact) mass is 217 g/mol. The second kappa shape index (κ2) is 9.93. The highest BCUT2D eigenvalue weighted by Crippen LogP contribution is 1.96. The van der Waals surface area contributed by atoms with E-state index in [4.69, 9.17) is 4.74 Å². The Hall–Kier alpha value is -0.610. The van der Waals surface area contributed by atoms with Crippen LogP contribution in [0, 0.1) is 0 Å². The van der Waals surface area contributed by atoms with Crippen LogP contribution in [0.4, 0.5) is 0 Å². The molecule has 0 saturated carbocycles. The molecule has 0 bridgehead atoms. The Balaban J connectivity index is 3.61. The van der Waals surface area contributed by atoms with Gasteiger partial charge in [0.15, 0.2) is 0 Å². The van der Waals surface area contributed by atoms with Crippen LogP contribution in [0.5, 0.6) is 0 Å². The molecule has 90 valence electrons. The molecule has 0 aliphatic carbocycles. The third-order valence-electron chi connectivity index (χ3n) is 2.11. The van der Waals surface area contributed by atoms with Crippen molar-refractivity contribution >= 4 is 5.97 Å². The van der Waals surface area contributed by atoms with Gasteiger partial charge in [-0.1, -0.05) is 26.7 Å². The summed E-state index contributed by atoms with van der Waals surface area (Å²) in [5.74, 6) is -0.257. The number of ether oxygens (including phenoxy) is 2. The number of carbonyl (C=O) groups is 1. The van der Waals surface area contributed by atoms with Crippen LogP contribution >= 0.6 is 0 Å². The fourth-order valence-corrected chi connectivity index (χ4v) is 1.25. The molecule has 0 aromatic heterocycles. The topological polar surface area (TPSA) is 47.6 Å². The maximum Gasteiger partial charge on any atom is 0.325 e. The molecule has 0 rings (SSSR count). The van der Waals surface area contributed by atoms with Crippen LogP contribution in [0.1, 0.15) is 33.1 Å². The van der Waals surface area contributed by atoms with Crippen molar-refractivity contribution in [1.82, 2.24) is 5.32 Å². The highest BCUT2D eigenvalue weighted by molar-refractivity contribution is 5.75. The van der Waals surface area contributed by atoms with E-state index in [1.54, 1.807) is 0 Å². The van der Waals surface area contributed by atoms with Crippen LogP contribution < -0.4 is 5.32 Å². The van der Waals surface area contributed by atoms with Gasteiger partial charge in [-0.2, -0.15) is 0 Å². The number of methoxy groups -OCH3 is 1. The molecule has 0 heterocycles. The first kappa shape index (κ1) is 14.4. The van der Waals surface area contributed by atoms with E-state index in [0.29, 0.717) is 13.2 Å². The molecule has 0 aliphatic heterocycles. The summed E-state index contributed by atoms with van der Waals surface area (Å²) in [6.45, 7) is 5.94. The van der Waals surface area contributed by atoms with E-state index in [9.17, 15) is 4.79 Å². The lowest BCUT2D eigenvalue weighted by Crippen LogP contribution is -2.41. The molecule has 0 spiro atoms. The van der Waals surface area contributed by atoms with Crippen molar-refractivity contribution < 1.29 is 14.3 Å². The number of rotatable bonds is 9. The Kier molecular flexibility index (Phi) is 9.52. The van der Waals surface area contributed by atoms with Crippen LogP contribution in [0.25, 0.3) is 0 Å². The van der Waals surface area contributed by atoms with Gasteiger partial charge in [0.1, 0.15) is 6.04 Å². The summed E-state index contributed by atoms with van der Waals surface area (Å²) >= 11 is 0. The molecule has 4 nitrogen and oxygen atoms in total. The normalized spacial score (nSPS) is 12.5. The summed E-state index contributed by atoms with van der Waals surface area (Å²) < 4.78 is 10.1. The average Bonchev–Trinajstić information content (AvgIpc) is 2.26. The zero-order valence-corrected chi connectivity index (χ0v) is 10.0. The van der Waals surface area contributed by atoms with E-state index >= 15 is 0 Å². The van der Waals surface area contributed by atoms with Gasteiger partial charge >= 0.3 is 5.97 Å². The zero-order valence-electron chi connectivity index (χ0n) is 10.0. The summed E-state index contributed by atoms with van der Waals surface area (Å²) in [4.78, 5) is 11.3. The predicted octanol–water partition coefficient (Wildman–Crippen LogP) is 1.34. The van der Waals surface area contributed by atoms with Gasteiger partial charge in [0.05, 0.1) is 13.7 Å². The lowest BCUT2D eigenvalue weighted by atomic mass is 10.2. The Morgan fingerprint density at radius 1 is 1.33 bits per heavy atom. The van der Waals surface area contributed by atoms with Crippen molar-refractivity contribution in [2.75, 3.05) is 26.9 Å². The number of likely N-dealkylation sites (N-methyl/N-ethyl adjacent to an activating group) is 1. The summed E-state index contributed by atoms with van der Waals surface area (Å²) in [7, 11) is 1.39. The number of hydrogen-bond acceptors (Lipinski definition) is 4. The first-order chi connectivity index (χ1) is 7.26. The van der Waals surface area contributed by atoms with E-state index in [1.165, 1.54) is 20.0 Å². The van der Waals surface area contributed by atoms with Crippen LogP contribution in [-0.4, -0.2) is 38.9 Å². The molecule has 0 aromatic rings. The number of esters is 1. The molecule has 0 aromatic carbocycles. The summed E-state index contributed by atoms with van der Waals surface area (Å²) in [5.41, 5.74) is 0. The second-order valence-electron chi connectivity index (χ2n) is 3.42. The largest absolute Gasteiger partial charge is 0.468 e. The molecule has 1 atom stereocenters. The van der Waals surface area contributed by atoms with Crippen molar-refractivity contribution in [3.8, 4) is 0 Å². The maximum absolute atomic E-state index is 11.3. The fraction of sp³-hybridized carbons (Fsp3) is 0.909. The number of carbonyl (C=O) groups excluding carboxylic acids is 1. The summed E-state index contributed by atoms with van der Waals surface area (Å²) in [6.07, 6.45) is 3.40. The number of unbranched alkanes of at least 4 members (excludes halogenated alkanes) is 2. The van der Waals surface area contributed by atoms with E-state index in [1.807, 2.05) is 6.92 Å². The van der Waals surface area contributed by atoms with Crippen LogP contribution in [0.3, 0.4) is 0 Å². The second-order valence-corrected chi connectivity index (χ2v) is 3.42. The minimum atomic E-state index is -0.332. The Morgan fingerprint density at radius 3 is 2.60 bits per heavy atom. The van der Waals surface area contributed by atoms with Gasteiger partial charge in [-0.15, -0.1) is 0 Å². The van der Waals surface area contributed by atoms with Crippen molar-refractivity contribution in [1.29, 1.82) is 0 Å². The van der Waals surface area contributed by atoms with E-state index in [-0.39, 0.29) is 12.0 Å². The highest BCUT2D eigenvalue weighted by atomic mass is 16.5. The SMILES string of the molecule is CCCCCOCC(NCC)C(=O)OC. The third kappa shape index (κ3) is 7.33. The van der Waals surface area contributed by atoms with Crippen molar-refractivity contribution in [2.24, 2.45) is 0 Å². The van der Waals surface area contributed by atoms with Crippen LogP contribution in [-0.2, 0) is 14.3 Å². The molecule has 15 heavy (non-hydrogen) atoms. The standard InChI is InChI=1S/C11H23NO3/c1-4-6-7-8-15-9-10(12-5-2)11(13)14-3/h10,12H,4-9H2,1-3H3. The zero-order chi connectivity index (χ0) is 11.5. The molecule has 4 heteroatoms. The molecule has 0 aliphatic rings. The minimum Gasteiger partial charge on any atom is -0.468 e. The van der Waals surface area contributed by atoms with Crippen molar-refractivity contribution in [2.45, 2.75) is 39.2 Å². The van der Waals surface area contributed by atoms with E-state index < -0.39 is 0 Å². The molecular formula is C11H23NO3. The first-order valence-corrected chi connectivity index (χ1v) is 5.65. The maximum atomic E-state index is 11.3. The number of nitrogens with one attached hydrogen (secondary N) is 1. The molecule has 0 fully saturated rings. The minimum absolute atomic E-state index is 0.257. The van der Waals surface area contributed by atoms with Gasteiger partial charge in [-0.05, 0) is 13.0 Å². The van der Waals surface area contributed by atoms with Gasteiger partial charge in [0.2, 0.25) is 0 Å². The van der Waals surface area contributed by atoms with E-state index in [0.717, 1.165) is 13.0 Å². The molecule has 0 radical (unpaired) electrons. The highest BCUT2D eigenvalue weighted by Gasteiger charge is 2.17. The Labute approximate surface area is 92.3 Å². The van der Waals surface area contributed by atoms with Gasteiger partial charge < -0.3 is 14.8 Å². The fourth-order valence-electron chi connectivity index (χ4n) is 1.25. The quantitative estimate of drug-likeness (QED) is 0.468. The predicted molar refractivity (Wildman–Crippen MR) is 59.8 cm³/mol. The number of hydrogen-bond donors (Lipinski definition) is 1.